The number of aliphatic imine (C=N–C) groups is 1. The Balaban J connectivity index is 1.88. The van der Waals surface area contributed by atoms with Gasteiger partial charge in [0, 0.05) is 16.5 Å². The first kappa shape index (κ1) is 17.7. The lowest BCUT2D eigenvalue weighted by atomic mass is 9.90. The van der Waals surface area contributed by atoms with Crippen LogP contribution in [0.25, 0.3) is 10.8 Å². The molecule has 0 saturated carbocycles. The summed E-state index contributed by atoms with van der Waals surface area (Å²) in [5.74, 6) is 0.496. The van der Waals surface area contributed by atoms with Crippen LogP contribution in [0.2, 0.25) is 0 Å². The minimum Gasteiger partial charge on any atom is -0.330 e. The molecule has 1 aliphatic carbocycles. The molecule has 0 heterocycles. The van der Waals surface area contributed by atoms with E-state index in [1.165, 1.54) is 32.4 Å². The van der Waals surface area contributed by atoms with Crippen molar-refractivity contribution in [3.8, 4) is 0 Å². The number of hydrogen-bond acceptors (Lipinski definition) is 1. The van der Waals surface area contributed by atoms with E-state index in [4.69, 9.17) is 4.99 Å². The van der Waals surface area contributed by atoms with Crippen molar-refractivity contribution in [1.29, 1.82) is 0 Å². The first-order chi connectivity index (χ1) is 13.1. The van der Waals surface area contributed by atoms with Gasteiger partial charge in [-0.15, -0.1) is 0 Å². The summed E-state index contributed by atoms with van der Waals surface area (Å²) in [6, 6.07) is 22.0. The lowest BCUT2D eigenvalue weighted by Gasteiger charge is -2.24. The highest BCUT2D eigenvalue weighted by atomic mass is 15.1. The van der Waals surface area contributed by atoms with Gasteiger partial charge in [0.2, 0.25) is 0 Å². The van der Waals surface area contributed by atoms with Crippen LogP contribution < -0.4 is 4.90 Å². The molecule has 0 aromatic heterocycles. The van der Waals surface area contributed by atoms with E-state index < -0.39 is 0 Å². The van der Waals surface area contributed by atoms with Gasteiger partial charge in [0.05, 0.1) is 25.5 Å². The highest BCUT2D eigenvalue weighted by molar-refractivity contribution is 6.13. The van der Waals surface area contributed by atoms with Crippen molar-refractivity contribution in [2.75, 3.05) is 14.1 Å². The summed E-state index contributed by atoms with van der Waals surface area (Å²) in [5, 5.41) is 2.53. The number of nitrogens with zero attached hydrogens (tertiary/aromatic N) is 1. The largest absolute Gasteiger partial charge is 0.330 e. The molecular formula is C25H27N2+. The molecule has 0 spiro atoms. The standard InChI is InChI=1S/C25H26N2/c1-17(2)18-13-14-23(20-10-6-5-9-19(18)20)26-24-15-16-25(27(3)4)22-12-8-7-11-21(22)24/h5-17,25H,1-4H3/p+1. The molecule has 3 aromatic rings. The fraction of sp³-hybridized carbons (Fsp3) is 0.240. The lowest BCUT2D eigenvalue weighted by Crippen LogP contribution is -3.06. The molecule has 0 aliphatic heterocycles. The molecule has 136 valence electrons. The molecule has 1 unspecified atom stereocenters. The number of quaternary nitrogens is 1. The van der Waals surface area contributed by atoms with Crippen molar-refractivity contribution in [3.63, 3.8) is 0 Å². The Labute approximate surface area is 161 Å². The third-order valence-electron chi connectivity index (χ3n) is 5.44. The highest BCUT2D eigenvalue weighted by Crippen LogP contribution is 2.34. The summed E-state index contributed by atoms with van der Waals surface area (Å²) in [7, 11) is 4.40. The zero-order valence-corrected chi connectivity index (χ0v) is 16.5. The van der Waals surface area contributed by atoms with E-state index in [1.807, 2.05) is 0 Å². The normalized spacial score (nSPS) is 17.9. The summed E-state index contributed by atoms with van der Waals surface area (Å²) in [5.41, 5.74) is 6.06. The second-order valence-electron chi connectivity index (χ2n) is 7.87. The van der Waals surface area contributed by atoms with E-state index in [0.717, 1.165) is 11.4 Å². The molecule has 3 aromatic carbocycles. The number of nitrogens with one attached hydrogen (secondary N) is 1. The SMILES string of the molecule is CC(C)c1ccc(N=C2C=CC([NH+](C)C)c3ccccc32)c2ccccc12. The van der Waals surface area contributed by atoms with E-state index >= 15 is 0 Å². The first-order valence-corrected chi connectivity index (χ1v) is 9.74. The minimum atomic E-state index is 0.375. The molecule has 1 atom stereocenters. The molecular weight excluding hydrogens is 328 g/mol. The second kappa shape index (κ2) is 7.13. The molecule has 2 nitrogen and oxygen atoms in total. The highest BCUT2D eigenvalue weighted by Gasteiger charge is 2.23. The van der Waals surface area contributed by atoms with E-state index in [1.54, 1.807) is 0 Å². The van der Waals surface area contributed by atoms with E-state index in [0.29, 0.717) is 12.0 Å². The van der Waals surface area contributed by atoms with Gasteiger partial charge in [-0.05, 0) is 35.1 Å². The van der Waals surface area contributed by atoms with Crippen molar-refractivity contribution < 1.29 is 4.90 Å². The molecule has 27 heavy (non-hydrogen) atoms. The van der Waals surface area contributed by atoms with E-state index in [2.05, 4.69) is 101 Å². The maximum absolute atomic E-state index is 5.10. The molecule has 0 bridgehead atoms. The van der Waals surface area contributed by atoms with Crippen LogP contribution in [-0.2, 0) is 0 Å². The predicted octanol–water partition coefficient (Wildman–Crippen LogP) is 4.84. The Kier molecular flexibility index (Phi) is 4.67. The summed E-state index contributed by atoms with van der Waals surface area (Å²) in [6.07, 6.45) is 4.46. The Hall–Kier alpha value is -2.71. The molecule has 0 fully saturated rings. The summed E-state index contributed by atoms with van der Waals surface area (Å²) >= 11 is 0. The first-order valence-electron chi connectivity index (χ1n) is 9.74. The third kappa shape index (κ3) is 3.22. The number of rotatable bonds is 3. The smallest absolute Gasteiger partial charge is 0.132 e. The molecule has 2 heteroatoms. The van der Waals surface area contributed by atoms with Gasteiger partial charge >= 0.3 is 0 Å². The van der Waals surface area contributed by atoms with Gasteiger partial charge in [0.25, 0.3) is 0 Å². The van der Waals surface area contributed by atoms with Crippen molar-refractivity contribution in [2.45, 2.75) is 25.8 Å². The van der Waals surface area contributed by atoms with Crippen molar-refractivity contribution in [1.82, 2.24) is 0 Å². The van der Waals surface area contributed by atoms with Crippen molar-refractivity contribution >= 4 is 22.2 Å². The Bertz CT molecular complexity index is 1040. The fourth-order valence-electron chi connectivity index (χ4n) is 4.02. The van der Waals surface area contributed by atoms with Gasteiger partial charge in [-0.25, -0.2) is 4.99 Å². The summed E-state index contributed by atoms with van der Waals surface area (Å²) in [6.45, 7) is 4.49. The van der Waals surface area contributed by atoms with Crippen LogP contribution in [0.1, 0.15) is 42.5 Å². The van der Waals surface area contributed by atoms with Crippen molar-refractivity contribution in [2.24, 2.45) is 4.99 Å². The maximum Gasteiger partial charge on any atom is 0.132 e. The van der Waals surface area contributed by atoms with Crippen LogP contribution in [-0.4, -0.2) is 19.8 Å². The number of benzene rings is 3. The summed E-state index contributed by atoms with van der Waals surface area (Å²) < 4.78 is 0. The zero-order chi connectivity index (χ0) is 19.0. The van der Waals surface area contributed by atoms with Crippen molar-refractivity contribution in [3.05, 3.63) is 89.5 Å². The number of likely N-dealkylation sites (N-methyl/N-ethyl adjacent to an activating group) is 1. The van der Waals surface area contributed by atoms with Crippen LogP contribution in [0.4, 0.5) is 5.69 Å². The average Bonchev–Trinajstić information content (AvgIpc) is 2.68. The number of fused-ring (bicyclic) bond motifs is 2. The fourth-order valence-corrected chi connectivity index (χ4v) is 4.02. The van der Waals surface area contributed by atoms with Gasteiger partial charge in [-0.3, -0.25) is 0 Å². The van der Waals surface area contributed by atoms with Gasteiger partial charge in [-0.2, -0.15) is 0 Å². The molecule has 0 radical (unpaired) electrons. The average molecular weight is 356 g/mol. The Morgan fingerprint density at radius 2 is 1.56 bits per heavy atom. The van der Waals surface area contributed by atoms with Crippen LogP contribution in [0.5, 0.6) is 0 Å². The zero-order valence-electron chi connectivity index (χ0n) is 16.5. The van der Waals surface area contributed by atoms with E-state index in [-0.39, 0.29) is 0 Å². The molecule has 1 aliphatic rings. The number of hydrogen-bond donors (Lipinski definition) is 1. The Morgan fingerprint density at radius 1 is 0.852 bits per heavy atom. The molecule has 0 saturated heterocycles. The topological polar surface area (TPSA) is 16.8 Å². The Morgan fingerprint density at radius 3 is 2.30 bits per heavy atom. The lowest BCUT2D eigenvalue weighted by molar-refractivity contribution is -0.884. The maximum atomic E-state index is 5.10. The van der Waals surface area contributed by atoms with Crippen LogP contribution in [0.3, 0.4) is 0 Å². The van der Waals surface area contributed by atoms with Gasteiger partial charge < -0.3 is 4.90 Å². The van der Waals surface area contributed by atoms with Crippen LogP contribution >= 0.6 is 0 Å². The minimum absolute atomic E-state index is 0.375. The number of allylic oxidation sites excluding steroid dienone is 1. The second-order valence-corrected chi connectivity index (χ2v) is 7.87. The van der Waals surface area contributed by atoms with Crippen LogP contribution in [0.15, 0.2) is 77.8 Å². The third-order valence-corrected chi connectivity index (χ3v) is 5.44. The monoisotopic (exact) mass is 355 g/mol. The quantitative estimate of drug-likeness (QED) is 0.692. The van der Waals surface area contributed by atoms with Gasteiger partial charge in [0.15, 0.2) is 0 Å². The van der Waals surface area contributed by atoms with Gasteiger partial charge in [0.1, 0.15) is 6.04 Å². The predicted molar refractivity (Wildman–Crippen MR) is 115 cm³/mol. The molecule has 4 rings (SSSR count). The molecule has 1 N–H and O–H groups in total. The van der Waals surface area contributed by atoms with E-state index in [9.17, 15) is 0 Å². The molecule has 0 amide bonds. The van der Waals surface area contributed by atoms with Crippen LogP contribution in [0, 0.1) is 0 Å². The summed E-state index contributed by atoms with van der Waals surface area (Å²) in [4.78, 5) is 6.51. The van der Waals surface area contributed by atoms with Gasteiger partial charge in [-0.1, -0.05) is 68.4 Å².